The van der Waals surface area contributed by atoms with Crippen LogP contribution < -0.4 is 10.1 Å². The van der Waals surface area contributed by atoms with Gasteiger partial charge >= 0.3 is 0 Å². The third kappa shape index (κ3) is 4.18. The Morgan fingerprint density at radius 1 is 0.903 bits per heavy atom. The Morgan fingerprint density at radius 3 is 1.77 bits per heavy atom. The zero-order valence-corrected chi connectivity index (χ0v) is 21.9. The van der Waals surface area contributed by atoms with Crippen LogP contribution in [-0.2, 0) is 9.59 Å². The Balaban J connectivity index is 1.92. The van der Waals surface area contributed by atoms with Crippen LogP contribution in [0.15, 0.2) is 43.6 Å². The Bertz CT molecular complexity index is 974. The van der Waals surface area contributed by atoms with Gasteiger partial charge in [-0.2, -0.15) is 0 Å². The molecule has 1 aromatic carbocycles. The standard InChI is InChI=1S/C25H29Br2NO3/c1-6-31-23-14(26)7-13(8-15(23)27)20-21-16(9-24(2,3)11-18(21)29)28-17-10-25(4,5)12-19(30)22(17)20/h7-8,20,28H,6,9-12H2,1-5H3. The third-order valence-electron chi connectivity index (χ3n) is 6.36. The molecule has 166 valence electrons. The van der Waals surface area contributed by atoms with Crippen LogP contribution in [0.3, 0.4) is 0 Å². The molecule has 4 nitrogen and oxygen atoms in total. The average Bonchev–Trinajstić information content (AvgIpc) is 2.60. The van der Waals surface area contributed by atoms with Gasteiger partial charge in [-0.05, 0) is 80.2 Å². The number of carbonyl (C=O) groups excluding carboxylic acids is 2. The summed E-state index contributed by atoms with van der Waals surface area (Å²) >= 11 is 7.27. The first-order valence-corrected chi connectivity index (χ1v) is 12.4. The molecule has 0 aromatic heterocycles. The second-order valence-corrected chi connectivity index (χ2v) is 12.2. The number of halogens is 2. The van der Waals surface area contributed by atoms with Gasteiger partial charge in [0, 0.05) is 41.3 Å². The maximum atomic E-state index is 13.4. The number of Topliss-reactive ketones (excluding diaryl/α,β-unsaturated/α-hetero) is 2. The van der Waals surface area contributed by atoms with Gasteiger partial charge < -0.3 is 10.1 Å². The number of hydrogen-bond donors (Lipinski definition) is 1. The number of rotatable bonds is 3. The van der Waals surface area contributed by atoms with E-state index in [1.165, 1.54) is 0 Å². The lowest BCUT2D eigenvalue weighted by Crippen LogP contribution is -2.42. The highest BCUT2D eigenvalue weighted by atomic mass is 79.9. The van der Waals surface area contributed by atoms with Crippen LogP contribution in [0.4, 0.5) is 0 Å². The maximum Gasteiger partial charge on any atom is 0.162 e. The molecule has 0 bridgehead atoms. The highest BCUT2D eigenvalue weighted by molar-refractivity contribution is 9.11. The molecule has 1 N–H and O–H groups in total. The molecule has 0 saturated carbocycles. The summed E-state index contributed by atoms with van der Waals surface area (Å²) in [7, 11) is 0. The minimum Gasteiger partial charge on any atom is -0.492 e. The Morgan fingerprint density at radius 2 is 1.35 bits per heavy atom. The molecule has 3 aliphatic rings. The number of hydrogen-bond acceptors (Lipinski definition) is 4. The molecule has 0 radical (unpaired) electrons. The SMILES string of the molecule is CCOc1c(Br)cc(C2C3=C(CC(C)(C)CC3=O)NC3=C2C(=O)CC(C)(C)C3)cc1Br. The molecule has 0 atom stereocenters. The molecule has 0 amide bonds. The second-order valence-electron chi connectivity index (χ2n) is 10.5. The molecular weight excluding hydrogens is 522 g/mol. The molecule has 0 unspecified atom stereocenters. The van der Waals surface area contributed by atoms with Crippen molar-refractivity contribution in [3.63, 3.8) is 0 Å². The zero-order chi connectivity index (χ0) is 22.7. The maximum absolute atomic E-state index is 13.4. The Labute approximate surface area is 201 Å². The van der Waals surface area contributed by atoms with Gasteiger partial charge in [0.2, 0.25) is 0 Å². The first-order valence-electron chi connectivity index (χ1n) is 10.8. The van der Waals surface area contributed by atoms with Gasteiger partial charge in [0.15, 0.2) is 11.6 Å². The number of carbonyl (C=O) groups is 2. The van der Waals surface area contributed by atoms with E-state index in [1.54, 1.807) is 0 Å². The van der Waals surface area contributed by atoms with Crippen molar-refractivity contribution in [1.82, 2.24) is 5.32 Å². The number of allylic oxidation sites excluding steroid dienone is 4. The van der Waals surface area contributed by atoms with Crippen LogP contribution in [0.1, 0.15) is 71.8 Å². The van der Waals surface area contributed by atoms with Crippen LogP contribution in [0.25, 0.3) is 0 Å². The van der Waals surface area contributed by atoms with Crippen LogP contribution in [0.5, 0.6) is 5.75 Å². The molecule has 31 heavy (non-hydrogen) atoms. The first kappa shape index (κ1) is 22.8. The van der Waals surface area contributed by atoms with Crippen molar-refractivity contribution in [3.8, 4) is 5.75 Å². The van der Waals surface area contributed by atoms with Gasteiger partial charge in [0.05, 0.1) is 15.6 Å². The van der Waals surface area contributed by atoms with Crippen molar-refractivity contribution in [2.24, 2.45) is 10.8 Å². The summed E-state index contributed by atoms with van der Waals surface area (Å²) in [4.78, 5) is 26.8. The fourth-order valence-corrected chi connectivity index (χ4v) is 6.70. The van der Waals surface area contributed by atoms with Crippen molar-refractivity contribution < 1.29 is 14.3 Å². The Kier molecular flexibility index (Phi) is 5.79. The van der Waals surface area contributed by atoms with Crippen LogP contribution in [-0.4, -0.2) is 18.2 Å². The number of ketones is 2. The van der Waals surface area contributed by atoms with Gasteiger partial charge in [-0.3, -0.25) is 9.59 Å². The summed E-state index contributed by atoms with van der Waals surface area (Å²) in [6.45, 7) is 11.0. The van der Waals surface area contributed by atoms with E-state index in [0.29, 0.717) is 19.4 Å². The number of ether oxygens (including phenoxy) is 1. The van der Waals surface area contributed by atoms with E-state index in [1.807, 2.05) is 19.1 Å². The fourth-order valence-electron chi connectivity index (χ4n) is 5.25. The van der Waals surface area contributed by atoms with Gasteiger partial charge in [0.25, 0.3) is 0 Å². The highest BCUT2D eigenvalue weighted by Crippen LogP contribution is 2.52. The van der Waals surface area contributed by atoms with E-state index in [-0.39, 0.29) is 28.3 Å². The zero-order valence-electron chi connectivity index (χ0n) is 18.7. The minimum absolute atomic E-state index is 0.0975. The molecular formula is C25H29Br2NO3. The van der Waals surface area contributed by atoms with Crippen molar-refractivity contribution in [3.05, 3.63) is 49.2 Å². The molecule has 6 heteroatoms. The minimum atomic E-state index is -0.346. The largest absolute Gasteiger partial charge is 0.492 e. The highest BCUT2D eigenvalue weighted by Gasteiger charge is 2.46. The topological polar surface area (TPSA) is 55.4 Å². The molecule has 2 aliphatic carbocycles. The monoisotopic (exact) mass is 549 g/mol. The lowest BCUT2D eigenvalue weighted by molar-refractivity contribution is -0.119. The van der Waals surface area contributed by atoms with E-state index in [0.717, 1.165) is 55.6 Å². The smallest absolute Gasteiger partial charge is 0.162 e. The van der Waals surface area contributed by atoms with E-state index < -0.39 is 0 Å². The van der Waals surface area contributed by atoms with E-state index >= 15 is 0 Å². The Hall–Kier alpha value is -1.40. The number of benzene rings is 1. The van der Waals surface area contributed by atoms with Crippen LogP contribution in [0, 0.1) is 10.8 Å². The predicted octanol–water partition coefficient (Wildman–Crippen LogP) is 6.58. The van der Waals surface area contributed by atoms with Crippen molar-refractivity contribution in [2.45, 2.75) is 66.2 Å². The van der Waals surface area contributed by atoms with E-state index in [4.69, 9.17) is 4.74 Å². The average molecular weight is 551 g/mol. The molecule has 1 aliphatic heterocycles. The van der Waals surface area contributed by atoms with Crippen molar-refractivity contribution >= 4 is 43.4 Å². The molecule has 0 fully saturated rings. The van der Waals surface area contributed by atoms with Crippen LogP contribution >= 0.6 is 31.9 Å². The predicted molar refractivity (Wildman–Crippen MR) is 129 cm³/mol. The van der Waals surface area contributed by atoms with Crippen molar-refractivity contribution in [1.29, 1.82) is 0 Å². The first-order chi connectivity index (χ1) is 14.4. The fraction of sp³-hybridized carbons (Fsp3) is 0.520. The third-order valence-corrected chi connectivity index (χ3v) is 7.54. The molecule has 1 aromatic rings. The summed E-state index contributed by atoms with van der Waals surface area (Å²) in [6, 6.07) is 4.00. The van der Waals surface area contributed by atoms with E-state index in [2.05, 4.69) is 64.9 Å². The number of nitrogens with one attached hydrogen (secondary N) is 1. The van der Waals surface area contributed by atoms with Gasteiger partial charge in [-0.25, -0.2) is 0 Å². The molecule has 0 spiro atoms. The van der Waals surface area contributed by atoms with Gasteiger partial charge in [0.1, 0.15) is 5.75 Å². The lowest BCUT2D eigenvalue weighted by Gasteiger charge is -2.44. The molecule has 1 heterocycles. The summed E-state index contributed by atoms with van der Waals surface area (Å²) in [5.41, 5.74) is 4.22. The van der Waals surface area contributed by atoms with E-state index in [9.17, 15) is 9.59 Å². The lowest BCUT2D eigenvalue weighted by atomic mass is 9.64. The van der Waals surface area contributed by atoms with Crippen LogP contribution in [0.2, 0.25) is 0 Å². The summed E-state index contributed by atoms with van der Waals surface area (Å²) < 4.78 is 7.38. The van der Waals surface area contributed by atoms with Gasteiger partial charge in [-0.1, -0.05) is 27.7 Å². The molecule has 0 saturated heterocycles. The summed E-state index contributed by atoms with van der Waals surface area (Å²) in [6.07, 6.45) is 2.59. The molecule has 4 rings (SSSR count). The van der Waals surface area contributed by atoms with Gasteiger partial charge in [-0.15, -0.1) is 0 Å². The normalized spacial score (nSPS) is 22.8. The quantitative estimate of drug-likeness (QED) is 0.461. The van der Waals surface area contributed by atoms with Crippen molar-refractivity contribution in [2.75, 3.05) is 6.61 Å². The second kappa shape index (κ2) is 7.87. The summed E-state index contributed by atoms with van der Waals surface area (Å²) in [5.74, 6) is 0.653. The number of dihydropyridines is 1. The summed E-state index contributed by atoms with van der Waals surface area (Å²) in [5, 5.41) is 3.56.